The van der Waals surface area contributed by atoms with Crippen LogP contribution in [0.5, 0.6) is 5.88 Å². The fourth-order valence-electron chi connectivity index (χ4n) is 4.03. The van der Waals surface area contributed by atoms with Crippen LogP contribution in [0.25, 0.3) is 16.2 Å². The first-order chi connectivity index (χ1) is 16.6. The Balaban J connectivity index is 1.17. The van der Waals surface area contributed by atoms with E-state index in [9.17, 15) is 9.18 Å². The van der Waals surface area contributed by atoms with Crippen molar-refractivity contribution in [1.82, 2.24) is 24.7 Å². The molecule has 1 amide bonds. The van der Waals surface area contributed by atoms with E-state index in [2.05, 4.69) is 25.2 Å². The summed E-state index contributed by atoms with van der Waals surface area (Å²) in [6, 6.07) is 8.05. The van der Waals surface area contributed by atoms with Gasteiger partial charge in [0, 0.05) is 36.6 Å². The first-order valence-electron chi connectivity index (χ1n) is 11.3. The fourth-order valence-corrected chi connectivity index (χ4v) is 5.05. The molecule has 0 spiro atoms. The lowest BCUT2D eigenvalue weighted by Crippen LogP contribution is -2.30. The number of rotatable bonds is 7. The zero-order chi connectivity index (χ0) is 23.5. The molecule has 8 nitrogen and oxygen atoms in total. The van der Waals surface area contributed by atoms with Gasteiger partial charge in [-0.15, -0.1) is 0 Å². The van der Waals surface area contributed by atoms with Crippen LogP contribution in [0.2, 0.25) is 0 Å². The van der Waals surface area contributed by atoms with Crippen molar-refractivity contribution in [3.8, 4) is 17.1 Å². The van der Waals surface area contributed by atoms with Gasteiger partial charge in [-0.1, -0.05) is 11.3 Å². The van der Waals surface area contributed by atoms with E-state index < -0.39 is 0 Å². The lowest BCUT2D eigenvalue weighted by molar-refractivity contribution is 0.0949. The molecule has 0 unspecified atom stereocenters. The highest BCUT2D eigenvalue weighted by Crippen LogP contribution is 2.27. The number of anilines is 1. The van der Waals surface area contributed by atoms with Gasteiger partial charge in [-0.25, -0.2) is 19.3 Å². The third-order valence-corrected chi connectivity index (χ3v) is 7.00. The molecule has 1 aliphatic heterocycles. The first-order valence-corrected chi connectivity index (χ1v) is 12.1. The number of fused-ring (bicyclic) bond motifs is 1. The molecule has 176 valence electrons. The van der Waals surface area contributed by atoms with Gasteiger partial charge in [-0.2, -0.15) is 0 Å². The lowest BCUT2D eigenvalue weighted by atomic mass is 10.1. The third kappa shape index (κ3) is 4.72. The van der Waals surface area contributed by atoms with E-state index in [4.69, 9.17) is 4.74 Å². The van der Waals surface area contributed by atoms with Crippen molar-refractivity contribution in [2.24, 2.45) is 0 Å². The Morgan fingerprint density at radius 3 is 2.74 bits per heavy atom. The van der Waals surface area contributed by atoms with Gasteiger partial charge in [0.2, 0.25) is 5.88 Å². The zero-order valence-electron chi connectivity index (χ0n) is 18.8. The maximum atomic E-state index is 13.2. The van der Waals surface area contributed by atoms with Gasteiger partial charge in [0.05, 0.1) is 12.2 Å². The molecule has 0 radical (unpaired) electrons. The largest absolute Gasteiger partial charge is 0.476 e. The number of carbonyl (C=O) groups is 1. The van der Waals surface area contributed by atoms with E-state index in [1.54, 1.807) is 12.1 Å². The molecule has 0 atom stereocenters. The predicted molar refractivity (Wildman–Crippen MR) is 129 cm³/mol. The second-order valence-corrected chi connectivity index (χ2v) is 9.15. The number of aryl methyl sites for hydroxylation is 1. The summed E-state index contributed by atoms with van der Waals surface area (Å²) >= 11 is 1.32. The molecule has 4 aromatic rings. The van der Waals surface area contributed by atoms with E-state index in [0.29, 0.717) is 28.9 Å². The van der Waals surface area contributed by atoms with E-state index in [0.717, 1.165) is 35.9 Å². The molecular weight excluding hydrogens is 455 g/mol. The number of aromatic nitrogens is 4. The quantitative estimate of drug-likeness (QED) is 0.401. The van der Waals surface area contributed by atoms with Crippen molar-refractivity contribution in [2.45, 2.75) is 26.2 Å². The molecule has 1 saturated heterocycles. The molecule has 1 aliphatic rings. The fraction of sp³-hybridized carbons (Fsp3) is 0.333. The number of hydrogen-bond donors (Lipinski definition) is 1. The molecule has 10 heteroatoms. The highest BCUT2D eigenvalue weighted by atomic mass is 32.1. The Morgan fingerprint density at radius 1 is 1.18 bits per heavy atom. The molecule has 1 fully saturated rings. The Bertz CT molecular complexity index is 1300. The molecule has 34 heavy (non-hydrogen) atoms. The Kier molecular flexibility index (Phi) is 6.39. The van der Waals surface area contributed by atoms with Gasteiger partial charge in [0.25, 0.3) is 5.91 Å². The van der Waals surface area contributed by atoms with Crippen LogP contribution in [-0.4, -0.2) is 51.5 Å². The van der Waals surface area contributed by atoms with Gasteiger partial charge in [-0.05, 0) is 50.5 Å². The summed E-state index contributed by atoms with van der Waals surface area (Å²) in [5, 5.41) is 2.90. The van der Waals surface area contributed by atoms with Crippen LogP contribution in [0.4, 0.5) is 10.2 Å². The zero-order valence-corrected chi connectivity index (χ0v) is 19.6. The second-order valence-electron chi connectivity index (χ2n) is 8.17. The molecule has 0 aliphatic carbocycles. The second kappa shape index (κ2) is 9.76. The van der Waals surface area contributed by atoms with Crippen LogP contribution in [0.3, 0.4) is 0 Å². The highest BCUT2D eigenvalue weighted by molar-refractivity contribution is 7.19. The van der Waals surface area contributed by atoms with Crippen LogP contribution in [-0.2, 0) is 0 Å². The normalized spacial score (nSPS) is 13.9. The number of carbonyl (C=O) groups excluding carboxylic acids is 1. The first kappa shape index (κ1) is 22.3. The number of piperidine rings is 1. The van der Waals surface area contributed by atoms with Crippen molar-refractivity contribution in [3.63, 3.8) is 0 Å². The summed E-state index contributed by atoms with van der Waals surface area (Å²) in [5.74, 6) is 0.929. The SMILES string of the molecule is Cc1c(C(=O)NCCOc2cc(N3CCCCC3)ncn2)sc2nc(-c3ccc(F)cc3)cn12. The van der Waals surface area contributed by atoms with Crippen LogP contribution in [0.15, 0.2) is 42.9 Å². The summed E-state index contributed by atoms with van der Waals surface area (Å²) in [6.45, 7) is 4.54. The lowest BCUT2D eigenvalue weighted by Gasteiger charge is -2.27. The van der Waals surface area contributed by atoms with E-state index in [-0.39, 0.29) is 11.7 Å². The molecule has 3 aromatic heterocycles. The van der Waals surface area contributed by atoms with Crippen molar-refractivity contribution in [2.75, 3.05) is 31.1 Å². The van der Waals surface area contributed by atoms with Crippen LogP contribution >= 0.6 is 11.3 Å². The van der Waals surface area contributed by atoms with Crippen LogP contribution in [0.1, 0.15) is 34.6 Å². The van der Waals surface area contributed by atoms with Crippen LogP contribution in [0, 0.1) is 12.7 Å². The van der Waals surface area contributed by atoms with Gasteiger partial charge in [-0.3, -0.25) is 9.20 Å². The average molecular weight is 481 g/mol. The number of benzene rings is 1. The number of halogens is 1. The molecular formula is C24H25FN6O2S. The summed E-state index contributed by atoms with van der Waals surface area (Å²) in [5.41, 5.74) is 2.37. The Morgan fingerprint density at radius 2 is 1.97 bits per heavy atom. The smallest absolute Gasteiger partial charge is 0.263 e. The maximum absolute atomic E-state index is 13.2. The number of hydrogen-bond acceptors (Lipinski definition) is 7. The molecule has 4 heterocycles. The Labute approximate surface area is 200 Å². The van der Waals surface area contributed by atoms with Crippen molar-refractivity contribution in [3.05, 3.63) is 59.2 Å². The monoisotopic (exact) mass is 480 g/mol. The third-order valence-electron chi connectivity index (χ3n) is 5.85. The van der Waals surface area contributed by atoms with Crippen molar-refractivity contribution < 1.29 is 13.9 Å². The number of thiazole rings is 1. The van der Waals surface area contributed by atoms with Gasteiger partial charge >= 0.3 is 0 Å². The van der Waals surface area contributed by atoms with Gasteiger partial charge in [0.15, 0.2) is 4.96 Å². The van der Waals surface area contributed by atoms with E-state index >= 15 is 0 Å². The number of nitrogens with zero attached hydrogens (tertiary/aromatic N) is 5. The highest BCUT2D eigenvalue weighted by Gasteiger charge is 2.18. The molecule has 1 N–H and O–H groups in total. The summed E-state index contributed by atoms with van der Waals surface area (Å²) in [4.78, 5) is 29.4. The maximum Gasteiger partial charge on any atom is 0.263 e. The summed E-state index contributed by atoms with van der Waals surface area (Å²) in [6.07, 6.45) is 6.99. The molecule has 0 bridgehead atoms. The summed E-state index contributed by atoms with van der Waals surface area (Å²) in [7, 11) is 0. The molecule has 5 rings (SSSR count). The Hall–Kier alpha value is -3.53. The number of amides is 1. The van der Waals surface area contributed by atoms with Crippen LogP contribution < -0.4 is 15.0 Å². The predicted octanol–water partition coefficient (Wildman–Crippen LogP) is 4.10. The number of ether oxygens (including phenoxy) is 1. The van der Waals surface area contributed by atoms with Crippen molar-refractivity contribution in [1.29, 1.82) is 0 Å². The minimum absolute atomic E-state index is 0.170. The van der Waals surface area contributed by atoms with Gasteiger partial charge in [0.1, 0.15) is 29.4 Å². The number of nitrogens with one attached hydrogen (secondary N) is 1. The van der Waals surface area contributed by atoms with Crippen molar-refractivity contribution >= 4 is 28.0 Å². The topological polar surface area (TPSA) is 84.6 Å². The number of imidazole rings is 1. The molecule has 1 aromatic carbocycles. The van der Waals surface area contributed by atoms with E-state index in [1.807, 2.05) is 23.6 Å². The molecule has 0 saturated carbocycles. The average Bonchev–Trinajstić information content (AvgIpc) is 3.42. The minimum Gasteiger partial charge on any atom is -0.476 e. The standard InChI is InChI=1S/C24H25FN6O2S/c1-16-22(34-24-29-19(14-31(16)24)17-5-7-18(25)8-6-17)23(32)26-9-12-33-21-13-20(27-15-28-21)30-10-3-2-4-11-30/h5-8,13-15H,2-4,9-12H2,1H3,(H,26,32). The summed E-state index contributed by atoms with van der Waals surface area (Å²) < 4.78 is 20.8. The minimum atomic E-state index is -0.286. The van der Waals surface area contributed by atoms with Gasteiger partial charge < -0.3 is 15.0 Å². The van der Waals surface area contributed by atoms with E-state index in [1.165, 1.54) is 49.1 Å².